The number of nitrogens with zero attached hydrogens (tertiary/aromatic N) is 2. The molecular formula is C10H11Cl2N5. The van der Waals surface area contributed by atoms with Crippen LogP contribution in [0.25, 0.3) is 0 Å². The molecule has 0 amide bonds. The Kier molecular flexibility index (Phi) is 3.40. The van der Waals surface area contributed by atoms with E-state index in [0.717, 1.165) is 11.3 Å². The third-order valence-electron chi connectivity index (χ3n) is 2.51. The van der Waals surface area contributed by atoms with Gasteiger partial charge in [-0.3, -0.25) is 5.10 Å². The van der Waals surface area contributed by atoms with Gasteiger partial charge in [0.15, 0.2) is 10.3 Å². The van der Waals surface area contributed by atoms with E-state index in [4.69, 9.17) is 34.7 Å². The second kappa shape index (κ2) is 4.81. The number of rotatable bonds is 3. The molecule has 0 aromatic carbocycles. The Morgan fingerprint density at radius 3 is 2.53 bits per heavy atom. The van der Waals surface area contributed by atoms with Crippen LogP contribution in [0.2, 0.25) is 10.3 Å². The van der Waals surface area contributed by atoms with Gasteiger partial charge in [-0.1, -0.05) is 23.2 Å². The van der Waals surface area contributed by atoms with Crippen molar-refractivity contribution in [3.8, 4) is 0 Å². The molecule has 0 saturated heterocycles. The molecule has 90 valence electrons. The first-order valence-electron chi connectivity index (χ1n) is 4.96. The summed E-state index contributed by atoms with van der Waals surface area (Å²) in [6.07, 6.45) is 2.98. The van der Waals surface area contributed by atoms with Crippen LogP contribution in [0.5, 0.6) is 0 Å². The van der Waals surface area contributed by atoms with Crippen molar-refractivity contribution < 1.29 is 0 Å². The maximum Gasteiger partial charge on any atom is 0.173 e. The molecule has 0 aliphatic rings. The van der Waals surface area contributed by atoms with Crippen molar-refractivity contribution in [1.29, 1.82) is 0 Å². The molecule has 5 nitrogen and oxygen atoms in total. The van der Waals surface area contributed by atoms with Gasteiger partial charge >= 0.3 is 0 Å². The molecular weight excluding hydrogens is 261 g/mol. The van der Waals surface area contributed by atoms with Crippen LogP contribution < -0.4 is 11.5 Å². The quantitative estimate of drug-likeness (QED) is 0.745. The molecule has 0 aliphatic carbocycles. The normalized spacial score (nSPS) is 10.7. The van der Waals surface area contributed by atoms with Crippen LogP contribution >= 0.6 is 23.2 Å². The van der Waals surface area contributed by atoms with Gasteiger partial charge in [0.2, 0.25) is 0 Å². The number of halogens is 2. The van der Waals surface area contributed by atoms with Gasteiger partial charge in [-0.2, -0.15) is 5.10 Å². The third-order valence-corrected chi connectivity index (χ3v) is 3.10. The van der Waals surface area contributed by atoms with Crippen LogP contribution in [0.3, 0.4) is 0 Å². The summed E-state index contributed by atoms with van der Waals surface area (Å²) in [5.41, 5.74) is 14.2. The zero-order valence-electron chi connectivity index (χ0n) is 8.87. The second-order valence-corrected chi connectivity index (χ2v) is 4.30. The fourth-order valence-electron chi connectivity index (χ4n) is 1.51. The van der Waals surface area contributed by atoms with E-state index in [1.807, 2.05) is 6.07 Å². The Morgan fingerprint density at radius 1 is 1.12 bits per heavy atom. The fourth-order valence-corrected chi connectivity index (χ4v) is 1.85. The number of pyridine rings is 1. The summed E-state index contributed by atoms with van der Waals surface area (Å²) in [6, 6.07) is 1.83. The minimum atomic E-state index is 0.292. The van der Waals surface area contributed by atoms with E-state index in [9.17, 15) is 0 Å². The molecule has 2 rings (SSSR count). The van der Waals surface area contributed by atoms with Crippen LogP contribution in [0.15, 0.2) is 12.3 Å². The lowest BCUT2D eigenvalue weighted by atomic mass is 10.1. The van der Waals surface area contributed by atoms with Gasteiger partial charge in [0, 0.05) is 6.20 Å². The van der Waals surface area contributed by atoms with Crippen molar-refractivity contribution in [2.45, 2.75) is 12.8 Å². The summed E-state index contributed by atoms with van der Waals surface area (Å²) in [7, 11) is 0. The first-order chi connectivity index (χ1) is 8.09. The van der Waals surface area contributed by atoms with E-state index in [1.54, 1.807) is 6.20 Å². The van der Waals surface area contributed by atoms with Crippen molar-refractivity contribution in [2.75, 3.05) is 11.5 Å². The maximum atomic E-state index is 5.83. The zero-order valence-corrected chi connectivity index (χ0v) is 10.4. The van der Waals surface area contributed by atoms with E-state index in [0.29, 0.717) is 34.5 Å². The summed E-state index contributed by atoms with van der Waals surface area (Å²) >= 11 is 11.6. The lowest BCUT2D eigenvalue weighted by Gasteiger charge is -2.05. The summed E-state index contributed by atoms with van der Waals surface area (Å²) in [5, 5.41) is 7.21. The number of nitrogens with two attached hydrogens (primary N) is 2. The summed E-state index contributed by atoms with van der Waals surface area (Å²) in [6.45, 7) is 0. The number of aromatic nitrogens is 3. The highest BCUT2D eigenvalue weighted by atomic mass is 35.5. The fraction of sp³-hybridized carbons (Fsp3) is 0.200. The molecule has 0 unspecified atom stereocenters. The lowest BCUT2D eigenvalue weighted by Crippen LogP contribution is -2.01. The summed E-state index contributed by atoms with van der Waals surface area (Å²) in [5.74, 6) is 0. The van der Waals surface area contributed by atoms with Crippen molar-refractivity contribution in [2.24, 2.45) is 0 Å². The molecule has 5 N–H and O–H groups in total. The number of hydrogen-bond acceptors (Lipinski definition) is 4. The minimum Gasteiger partial charge on any atom is -0.396 e. The standard InChI is InChI=1S/C10H11Cl2N5/c11-9-7(13)5(3-4-15-9)1-2-6-8(14)10(12)17-16-6/h3-4H,1-2,13-14H2,(H,16,17). The van der Waals surface area contributed by atoms with Crippen LogP contribution in [0, 0.1) is 0 Å². The second-order valence-electron chi connectivity index (χ2n) is 3.58. The number of anilines is 2. The molecule has 0 fully saturated rings. The van der Waals surface area contributed by atoms with Crippen molar-refractivity contribution >= 4 is 34.6 Å². The summed E-state index contributed by atoms with van der Waals surface area (Å²) < 4.78 is 0. The van der Waals surface area contributed by atoms with Crippen LogP contribution in [0.4, 0.5) is 11.4 Å². The average molecular weight is 272 g/mol. The van der Waals surface area contributed by atoms with Crippen molar-refractivity contribution in [1.82, 2.24) is 15.2 Å². The van der Waals surface area contributed by atoms with E-state index < -0.39 is 0 Å². The van der Waals surface area contributed by atoms with Gasteiger partial charge < -0.3 is 11.5 Å². The molecule has 17 heavy (non-hydrogen) atoms. The summed E-state index contributed by atoms with van der Waals surface area (Å²) in [4.78, 5) is 3.89. The number of aryl methyl sites for hydroxylation is 2. The Balaban J connectivity index is 2.13. The molecule has 2 aromatic heterocycles. The van der Waals surface area contributed by atoms with Crippen LogP contribution in [0.1, 0.15) is 11.3 Å². The maximum absolute atomic E-state index is 5.83. The predicted octanol–water partition coefficient (Wildman–Crippen LogP) is 2.06. The zero-order chi connectivity index (χ0) is 12.4. The highest BCUT2D eigenvalue weighted by molar-refractivity contribution is 6.32. The monoisotopic (exact) mass is 271 g/mol. The van der Waals surface area contributed by atoms with E-state index >= 15 is 0 Å². The first kappa shape index (κ1) is 12.0. The predicted molar refractivity (Wildman–Crippen MR) is 69.1 cm³/mol. The highest BCUT2D eigenvalue weighted by Crippen LogP contribution is 2.24. The van der Waals surface area contributed by atoms with Gasteiger partial charge in [0.1, 0.15) is 0 Å². The Labute approximate surface area is 108 Å². The molecule has 2 aromatic rings. The first-order valence-corrected chi connectivity index (χ1v) is 5.72. The number of nitrogens with one attached hydrogen (secondary N) is 1. The largest absolute Gasteiger partial charge is 0.396 e. The molecule has 0 bridgehead atoms. The van der Waals surface area contributed by atoms with Crippen molar-refractivity contribution in [3.05, 3.63) is 33.8 Å². The molecule has 7 heteroatoms. The van der Waals surface area contributed by atoms with Gasteiger partial charge in [0.25, 0.3) is 0 Å². The topological polar surface area (TPSA) is 93.6 Å². The van der Waals surface area contributed by atoms with Gasteiger partial charge in [0.05, 0.1) is 17.1 Å². The molecule has 0 radical (unpaired) electrons. The Bertz CT molecular complexity index is 537. The Morgan fingerprint density at radius 2 is 1.88 bits per heavy atom. The number of H-pyrrole nitrogens is 1. The average Bonchev–Trinajstić information content (AvgIpc) is 2.62. The van der Waals surface area contributed by atoms with E-state index in [-0.39, 0.29) is 0 Å². The third kappa shape index (κ3) is 2.45. The molecule has 0 atom stereocenters. The van der Waals surface area contributed by atoms with Gasteiger partial charge in [-0.05, 0) is 24.5 Å². The molecule has 2 heterocycles. The molecule has 0 saturated carbocycles. The van der Waals surface area contributed by atoms with Gasteiger partial charge in [-0.15, -0.1) is 0 Å². The SMILES string of the molecule is Nc1c(CCc2[nH]nc(Cl)c2N)ccnc1Cl. The number of hydrogen-bond donors (Lipinski definition) is 3. The highest BCUT2D eigenvalue weighted by Gasteiger charge is 2.09. The molecule has 0 spiro atoms. The molecule has 0 aliphatic heterocycles. The Hall–Kier alpha value is -1.46. The van der Waals surface area contributed by atoms with E-state index in [1.165, 1.54) is 0 Å². The lowest BCUT2D eigenvalue weighted by molar-refractivity contribution is 0.894. The minimum absolute atomic E-state index is 0.292. The van der Waals surface area contributed by atoms with Crippen molar-refractivity contribution in [3.63, 3.8) is 0 Å². The van der Waals surface area contributed by atoms with Gasteiger partial charge in [-0.25, -0.2) is 4.98 Å². The number of nitrogen functional groups attached to an aromatic ring is 2. The number of aromatic amines is 1. The van der Waals surface area contributed by atoms with Crippen LogP contribution in [-0.4, -0.2) is 15.2 Å². The van der Waals surface area contributed by atoms with E-state index in [2.05, 4.69) is 15.2 Å². The smallest absolute Gasteiger partial charge is 0.173 e. The van der Waals surface area contributed by atoms with Crippen LogP contribution in [-0.2, 0) is 12.8 Å².